The Morgan fingerprint density at radius 1 is 1.24 bits per heavy atom. The van der Waals surface area contributed by atoms with E-state index in [4.69, 9.17) is 9.47 Å². The number of ether oxygens (including phenoxy) is 2. The van der Waals surface area contributed by atoms with Gasteiger partial charge in [0.25, 0.3) is 5.91 Å². The quantitative estimate of drug-likeness (QED) is 0.532. The van der Waals surface area contributed by atoms with E-state index in [0.29, 0.717) is 31.9 Å². The summed E-state index contributed by atoms with van der Waals surface area (Å²) in [6, 6.07) is 7.18. The largest absolute Gasteiger partial charge is 0.494 e. The second kappa shape index (κ2) is 10.00. The topological polar surface area (TPSA) is 47.6 Å². The van der Waals surface area contributed by atoms with Crippen LogP contribution < -0.4 is 10.1 Å². The van der Waals surface area contributed by atoms with Gasteiger partial charge in [-0.1, -0.05) is 25.5 Å². The lowest BCUT2D eigenvalue weighted by Crippen LogP contribution is -2.27. The third-order valence-corrected chi connectivity index (χ3v) is 2.76. The molecule has 0 bridgehead atoms. The molecular weight excluding hydrogens is 266 g/mol. The van der Waals surface area contributed by atoms with Gasteiger partial charge in [-0.2, -0.15) is 0 Å². The number of carbonyl (C=O) groups excluding carboxylic acids is 1. The lowest BCUT2D eigenvalue weighted by atomic mass is 10.2. The summed E-state index contributed by atoms with van der Waals surface area (Å²) in [5, 5.41) is 2.81. The predicted molar refractivity (Wildman–Crippen MR) is 84.8 cm³/mol. The summed E-state index contributed by atoms with van der Waals surface area (Å²) in [4.78, 5) is 11.9. The molecular formula is C17H25NO3. The molecule has 1 aromatic rings. The highest BCUT2D eigenvalue weighted by Crippen LogP contribution is 2.12. The van der Waals surface area contributed by atoms with Crippen molar-refractivity contribution in [2.45, 2.75) is 26.7 Å². The summed E-state index contributed by atoms with van der Waals surface area (Å²) in [5.41, 5.74) is 1.60. The number of benzene rings is 1. The summed E-state index contributed by atoms with van der Waals surface area (Å²) in [7, 11) is 0. The lowest BCUT2D eigenvalue weighted by Gasteiger charge is -2.08. The molecule has 0 unspecified atom stereocenters. The van der Waals surface area contributed by atoms with Gasteiger partial charge < -0.3 is 14.8 Å². The summed E-state index contributed by atoms with van der Waals surface area (Å²) in [6.07, 6.45) is 2.14. The maximum absolute atomic E-state index is 11.9. The molecule has 0 atom stereocenters. The van der Waals surface area contributed by atoms with Crippen LogP contribution in [-0.2, 0) is 4.74 Å². The molecule has 4 heteroatoms. The number of unbranched alkanes of at least 4 members (excludes halogenated alkanes) is 1. The van der Waals surface area contributed by atoms with Gasteiger partial charge in [0.05, 0.1) is 19.8 Å². The Labute approximate surface area is 127 Å². The molecule has 0 aliphatic heterocycles. The van der Waals surface area contributed by atoms with Crippen molar-refractivity contribution in [1.29, 1.82) is 0 Å². The first kappa shape index (κ1) is 17.2. The van der Waals surface area contributed by atoms with Crippen molar-refractivity contribution in [2.75, 3.05) is 26.4 Å². The van der Waals surface area contributed by atoms with Crippen molar-refractivity contribution in [3.63, 3.8) is 0 Å². The fraction of sp³-hybridized carbons (Fsp3) is 0.471. The highest BCUT2D eigenvalue weighted by Gasteiger charge is 2.04. The van der Waals surface area contributed by atoms with Gasteiger partial charge in [0.1, 0.15) is 5.75 Å². The molecule has 0 saturated carbocycles. The van der Waals surface area contributed by atoms with E-state index in [1.807, 2.05) is 19.1 Å². The molecule has 116 valence electrons. The minimum absolute atomic E-state index is 0.103. The number of nitrogens with one attached hydrogen (secondary N) is 1. The first-order chi connectivity index (χ1) is 10.1. The van der Waals surface area contributed by atoms with Gasteiger partial charge in [0.2, 0.25) is 0 Å². The molecule has 0 radical (unpaired) electrons. The van der Waals surface area contributed by atoms with Gasteiger partial charge in [0, 0.05) is 12.1 Å². The predicted octanol–water partition coefficient (Wildman–Crippen LogP) is 3.19. The van der Waals surface area contributed by atoms with Crippen LogP contribution in [0.5, 0.6) is 5.75 Å². The summed E-state index contributed by atoms with van der Waals surface area (Å²) < 4.78 is 10.9. The van der Waals surface area contributed by atoms with Crippen LogP contribution in [0.2, 0.25) is 0 Å². The van der Waals surface area contributed by atoms with Crippen molar-refractivity contribution < 1.29 is 14.3 Å². The Kier molecular flexibility index (Phi) is 8.21. The third-order valence-electron chi connectivity index (χ3n) is 2.76. The highest BCUT2D eigenvalue weighted by molar-refractivity contribution is 5.94. The zero-order valence-corrected chi connectivity index (χ0v) is 13.0. The van der Waals surface area contributed by atoms with Gasteiger partial charge in [0.15, 0.2) is 0 Å². The monoisotopic (exact) mass is 291 g/mol. The van der Waals surface area contributed by atoms with E-state index >= 15 is 0 Å². The van der Waals surface area contributed by atoms with Gasteiger partial charge in [-0.25, -0.2) is 0 Å². The van der Waals surface area contributed by atoms with Crippen LogP contribution in [0.15, 0.2) is 36.4 Å². The number of amides is 1. The minimum Gasteiger partial charge on any atom is -0.494 e. The standard InChI is InChI=1S/C17H25NO3/c1-4-5-11-21-16-8-6-15(7-9-16)17(19)18-10-12-20-13-14(2)3/h6-9H,2,4-5,10-13H2,1,3H3,(H,18,19). The molecule has 0 aliphatic rings. The molecule has 0 aromatic heterocycles. The second-order valence-corrected chi connectivity index (χ2v) is 4.99. The van der Waals surface area contributed by atoms with E-state index in [2.05, 4.69) is 18.8 Å². The molecule has 1 amide bonds. The molecule has 1 rings (SSSR count). The maximum atomic E-state index is 11.9. The van der Waals surface area contributed by atoms with Crippen LogP contribution in [-0.4, -0.2) is 32.3 Å². The molecule has 0 saturated heterocycles. The Hall–Kier alpha value is -1.81. The molecule has 0 fully saturated rings. The second-order valence-electron chi connectivity index (χ2n) is 4.99. The highest BCUT2D eigenvalue weighted by atomic mass is 16.5. The fourth-order valence-corrected chi connectivity index (χ4v) is 1.62. The fourth-order valence-electron chi connectivity index (χ4n) is 1.62. The smallest absolute Gasteiger partial charge is 0.251 e. The molecule has 4 nitrogen and oxygen atoms in total. The Morgan fingerprint density at radius 3 is 2.57 bits per heavy atom. The number of rotatable bonds is 10. The summed E-state index contributed by atoms with van der Waals surface area (Å²) in [6.45, 7) is 9.98. The van der Waals surface area contributed by atoms with Gasteiger partial charge in [-0.05, 0) is 37.6 Å². The molecule has 0 heterocycles. The van der Waals surface area contributed by atoms with Crippen molar-refractivity contribution in [1.82, 2.24) is 5.32 Å². The minimum atomic E-state index is -0.103. The van der Waals surface area contributed by atoms with E-state index in [1.165, 1.54) is 0 Å². The molecule has 1 aromatic carbocycles. The number of hydrogen-bond donors (Lipinski definition) is 1. The Morgan fingerprint density at radius 2 is 1.95 bits per heavy atom. The van der Waals surface area contributed by atoms with Crippen molar-refractivity contribution in [3.05, 3.63) is 42.0 Å². The van der Waals surface area contributed by atoms with Gasteiger partial charge >= 0.3 is 0 Å². The SMILES string of the molecule is C=C(C)COCCNC(=O)c1ccc(OCCCC)cc1. The Bertz CT molecular complexity index is 440. The van der Waals surface area contributed by atoms with Crippen LogP contribution in [0.3, 0.4) is 0 Å². The van der Waals surface area contributed by atoms with Crippen LogP contribution in [0, 0.1) is 0 Å². The zero-order chi connectivity index (χ0) is 15.5. The van der Waals surface area contributed by atoms with Crippen LogP contribution in [0.1, 0.15) is 37.0 Å². The molecule has 0 spiro atoms. The van der Waals surface area contributed by atoms with E-state index < -0.39 is 0 Å². The van der Waals surface area contributed by atoms with E-state index in [9.17, 15) is 4.79 Å². The van der Waals surface area contributed by atoms with Gasteiger partial charge in [-0.15, -0.1) is 0 Å². The maximum Gasteiger partial charge on any atom is 0.251 e. The number of hydrogen-bond acceptors (Lipinski definition) is 3. The first-order valence-corrected chi connectivity index (χ1v) is 7.36. The number of carbonyl (C=O) groups is 1. The third kappa shape index (κ3) is 7.51. The average Bonchev–Trinajstić information content (AvgIpc) is 2.47. The first-order valence-electron chi connectivity index (χ1n) is 7.36. The molecule has 21 heavy (non-hydrogen) atoms. The van der Waals surface area contributed by atoms with Crippen LogP contribution in [0.4, 0.5) is 0 Å². The summed E-state index contributed by atoms with van der Waals surface area (Å²) >= 11 is 0. The zero-order valence-electron chi connectivity index (χ0n) is 13.0. The normalized spacial score (nSPS) is 10.2. The Balaban J connectivity index is 2.29. The van der Waals surface area contributed by atoms with E-state index in [0.717, 1.165) is 24.2 Å². The average molecular weight is 291 g/mol. The molecule has 1 N–H and O–H groups in total. The van der Waals surface area contributed by atoms with E-state index in [1.54, 1.807) is 12.1 Å². The van der Waals surface area contributed by atoms with Crippen molar-refractivity contribution in [3.8, 4) is 5.75 Å². The van der Waals surface area contributed by atoms with Gasteiger partial charge in [-0.3, -0.25) is 4.79 Å². The van der Waals surface area contributed by atoms with Crippen LogP contribution >= 0.6 is 0 Å². The van der Waals surface area contributed by atoms with E-state index in [-0.39, 0.29) is 5.91 Å². The van der Waals surface area contributed by atoms with Crippen molar-refractivity contribution in [2.24, 2.45) is 0 Å². The lowest BCUT2D eigenvalue weighted by molar-refractivity contribution is 0.0927. The van der Waals surface area contributed by atoms with Crippen LogP contribution in [0.25, 0.3) is 0 Å². The van der Waals surface area contributed by atoms with Crippen molar-refractivity contribution >= 4 is 5.91 Å². The summed E-state index contributed by atoms with van der Waals surface area (Å²) in [5.74, 6) is 0.693. The molecule has 0 aliphatic carbocycles.